The minimum Gasteiger partial charge on any atom is -0.250 e. The van der Waals surface area contributed by atoms with E-state index in [-0.39, 0.29) is 0 Å². The molecule has 2 aromatic rings. The number of aromatic nitrogens is 3. The van der Waals surface area contributed by atoms with Gasteiger partial charge in [0.05, 0.1) is 0 Å². The zero-order chi connectivity index (χ0) is 14.2. The molecule has 2 aromatic heterocycles. The lowest BCUT2D eigenvalue weighted by Crippen LogP contribution is -2.03. The van der Waals surface area contributed by atoms with Crippen LogP contribution < -0.4 is 0 Å². The van der Waals surface area contributed by atoms with E-state index in [1.54, 1.807) is 0 Å². The quantitative estimate of drug-likeness (QED) is 0.770. The van der Waals surface area contributed by atoms with Gasteiger partial charge in [-0.3, -0.25) is 0 Å². The fraction of sp³-hybridized carbons (Fsp3) is 0.400. The average molecular weight is 276 g/mol. The van der Waals surface area contributed by atoms with E-state index in [1.165, 1.54) is 0 Å². The molecule has 4 heteroatoms. The maximum absolute atomic E-state index is 6.28. The standard InChI is InChI=1S/C15H18ClN3/c1-8(2)13-11(5)18-15(19-14(13)16)12-7-9(3)6-10(4)17-12/h6-8H,1-5H3. The van der Waals surface area contributed by atoms with Crippen LogP contribution in [0.15, 0.2) is 12.1 Å². The van der Waals surface area contributed by atoms with Gasteiger partial charge in [-0.1, -0.05) is 25.4 Å². The van der Waals surface area contributed by atoms with Crippen molar-refractivity contribution in [1.29, 1.82) is 0 Å². The van der Waals surface area contributed by atoms with Gasteiger partial charge in [-0.25, -0.2) is 15.0 Å². The first kappa shape index (κ1) is 13.9. The van der Waals surface area contributed by atoms with Crippen molar-refractivity contribution in [2.75, 3.05) is 0 Å². The number of hydrogen-bond acceptors (Lipinski definition) is 3. The van der Waals surface area contributed by atoms with E-state index in [4.69, 9.17) is 11.6 Å². The zero-order valence-corrected chi connectivity index (χ0v) is 12.7. The molecule has 0 atom stereocenters. The molecule has 3 nitrogen and oxygen atoms in total. The molecule has 2 rings (SSSR count). The Kier molecular flexibility index (Phi) is 3.85. The molecule has 0 saturated heterocycles. The average Bonchev–Trinajstić information content (AvgIpc) is 2.25. The van der Waals surface area contributed by atoms with Crippen molar-refractivity contribution in [2.24, 2.45) is 0 Å². The van der Waals surface area contributed by atoms with Crippen LogP contribution in [-0.4, -0.2) is 15.0 Å². The molecule has 0 aromatic carbocycles. The molecule has 0 amide bonds. The normalized spacial score (nSPS) is 11.1. The molecule has 0 saturated carbocycles. The van der Waals surface area contributed by atoms with Crippen LogP contribution in [0.3, 0.4) is 0 Å². The number of halogens is 1. The SMILES string of the molecule is Cc1cc(C)nc(-c2nc(C)c(C(C)C)c(Cl)n2)c1. The first-order valence-electron chi connectivity index (χ1n) is 6.38. The van der Waals surface area contributed by atoms with Gasteiger partial charge in [0.15, 0.2) is 5.82 Å². The largest absolute Gasteiger partial charge is 0.250 e. The molecule has 100 valence electrons. The van der Waals surface area contributed by atoms with Crippen molar-refractivity contribution in [1.82, 2.24) is 15.0 Å². The smallest absolute Gasteiger partial charge is 0.179 e. The van der Waals surface area contributed by atoms with Crippen LogP contribution >= 0.6 is 11.6 Å². The van der Waals surface area contributed by atoms with Crippen molar-refractivity contribution < 1.29 is 0 Å². The zero-order valence-electron chi connectivity index (χ0n) is 12.0. The number of rotatable bonds is 2. The lowest BCUT2D eigenvalue weighted by atomic mass is 10.0. The fourth-order valence-corrected chi connectivity index (χ4v) is 2.71. The number of hydrogen-bond donors (Lipinski definition) is 0. The number of aryl methyl sites for hydroxylation is 3. The summed E-state index contributed by atoms with van der Waals surface area (Å²) < 4.78 is 0. The summed E-state index contributed by atoms with van der Waals surface area (Å²) in [5, 5.41) is 0.526. The Morgan fingerprint density at radius 1 is 1.00 bits per heavy atom. The third-order valence-electron chi connectivity index (χ3n) is 2.99. The van der Waals surface area contributed by atoms with E-state index in [2.05, 4.69) is 28.8 Å². The summed E-state index contributed by atoms with van der Waals surface area (Å²) in [4.78, 5) is 13.4. The Labute approximate surface area is 119 Å². The minimum atomic E-state index is 0.314. The van der Waals surface area contributed by atoms with E-state index in [9.17, 15) is 0 Å². The Morgan fingerprint density at radius 3 is 2.21 bits per heavy atom. The molecule has 0 radical (unpaired) electrons. The maximum Gasteiger partial charge on any atom is 0.179 e. The summed E-state index contributed by atoms with van der Waals surface area (Å²) in [6.07, 6.45) is 0. The predicted molar refractivity (Wildman–Crippen MR) is 78.6 cm³/mol. The van der Waals surface area contributed by atoms with Gasteiger partial charge in [-0.15, -0.1) is 0 Å². The predicted octanol–water partition coefficient (Wildman–Crippen LogP) is 4.24. The first-order chi connectivity index (χ1) is 8.88. The highest BCUT2D eigenvalue weighted by molar-refractivity contribution is 6.30. The summed E-state index contributed by atoms with van der Waals surface area (Å²) in [6.45, 7) is 10.1. The topological polar surface area (TPSA) is 38.7 Å². The van der Waals surface area contributed by atoms with E-state index in [0.29, 0.717) is 16.9 Å². The van der Waals surface area contributed by atoms with Crippen molar-refractivity contribution >= 4 is 11.6 Å². The monoisotopic (exact) mass is 275 g/mol. The van der Waals surface area contributed by atoms with Crippen LogP contribution in [-0.2, 0) is 0 Å². The molecule has 0 spiro atoms. The molecule has 0 aliphatic carbocycles. The Morgan fingerprint density at radius 2 is 1.68 bits per heavy atom. The molecule has 2 heterocycles. The number of pyridine rings is 1. The summed E-state index contributed by atoms with van der Waals surface area (Å²) in [6, 6.07) is 4.01. The van der Waals surface area contributed by atoms with Crippen molar-refractivity contribution in [3.8, 4) is 11.5 Å². The number of nitrogens with zero attached hydrogens (tertiary/aromatic N) is 3. The molecule has 0 bridgehead atoms. The second kappa shape index (κ2) is 5.25. The van der Waals surface area contributed by atoms with Crippen LogP contribution in [0.25, 0.3) is 11.5 Å². The highest BCUT2D eigenvalue weighted by Gasteiger charge is 2.15. The molecule has 0 N–H and O–H groups in total. The first-order valence-corrected chi connectivity index (χ1v) is 6.76. The molecule has 0 unspecified atom stereocenters. The van der Waals surface area contributed by atoms with E-state index < -0.39 is 0 Å². The third-order valence-corrected chi connectivity index (χ3v) is 3.28. The van der Waals surface area contributed by atoms with Crippen LogP contribution in [0.5, 0.6) is 0 Å². The lowest BCUT2D eigenvalue weighted by Gasteiger charge is -2.12. The third kappa shape index (κ3) is 2.92. The van der Waals surface area contributed by atoms with Crippen LogP contribution in [0, 0.1) is 20.8 Å². The van der Waals surface area contributed by atoms with Crippen LogP contribution in [0.1, 0.15) is 42.3 Å². The van der Waals surface area contributed by atoms with Gasteiger partial charge >= 0.3 is 0 Å². The Hall–Kier alpha value is -1.48. The van der Waals surface area contributed by atoms with Gasteiger partial charge < -0.3 is 0 Å². The molecule has 19 heavy (non-hydrogen) atoms. The second-order valence-corrected chi connectivity index (χ2v) is 5.52. The van der Waals surface area contributed by atoms with Crippen molar-refractivity contribution in [2.45, 2.75) is 40.5 Å². The Balaban J connectivity index is 2.58. The second-order valence-electron chi connectivity index (χ2n) is 5.16. The van der Waals surface area contributed by atoms with Crippen molar-refractivity contribution in [3.63, 3.8) is 0 Å². The van der Waals surface area contributed by atoms with Crippen LogP contribution in [0.4, 0.5) is 0 Å². The van der Waals surface area contributed by atoms with E-state index in [0.717, 1.165) is 28.2 Å². The maximum atomic E-state index is 6.28. The van der Waals surface area contributed by atoms with Gasteiger partial charge in [-0.2, -0.15) is 0 Å². The minimum absolute atomic E-state index is 0.314. The summed E-state index contributed by atoms with van der Waals surface area (Å²) in [5.74, 6) is 0.910. The summed E-state index contributed by atoms with van der Waals surface area (Å²) in [5.41, 5.74) is 4.81. The molecular formula is C15H18ClN3. The van der Waals surface area contributed by atoms with Gasteiger partial charge in [0, 0.05) is 17.0 Å². The molecular weight excluding hydrogens is 258 g/mol. The van der Waals surface area contributed by atoms with Gasteiger partial charge in [0.1, 0.15) is 10.8 Å². The van der Waals surface area contributed by atoms with E-state index in [1.807, 2.05) is 32.9 Å². The molecule has 0 aliphatic heterocycles. The fourth-order valence-electron chi connectivity index (χ4n) is 2.27. The molecule has 0 fully saturated rings. The Bertz CT molecular complexity index is 578. The lowest BCUT2D eigenvalue weighted by molar-refractivity contribution is 0.830. The van der Waals surface area contributed by atoms with Gasteiger partial charge in [0.25, 0.3) is 0 Å². The molecule has 0 aliphatic rings. The summed E-state index contributed by atoms with van der Waals surface area (Å²) >= 11 is 6.28. The highest BCUT2D eigenvalue weighted by Crippen LogP contribution is 2.27. The van der Waals surface area contributed by atoms with Crippen LogP contribution in [0.2, 0.25) is 5.15 Å². The van der Waals surface area contributed by atoms with E-state index >= 15 is 0 Å². The summed E-state index contributed by atoms with van der Waals surface area (Å²) in [7, 11) is 0. The van der Waals surface area contributed by atoms with Gasteiger partial charge in [0.2, 0.25) is 0 Å². The highest BCUT2D eigenvalue weighted by atomic mass is 35.5. The van der Waals surface area contributed by atoms with Gasteiger partial charge in [-0.05, 0) is 44.4 Å². The van der Waals surface area contributed by atoms with Crippen molar-refractivity contribution in [3.05, 3.63) is 39.8 Å².